The molecule has 1 amide bonds. The number of nitrogens with zero attached hydrogens (tertiary/aromatic N) is 1. The van der Waals surface area contributed by atoms with Gasteiger partial charge in [-0.2, -0.15) is 0 Å². The van der Waals surface area contributed by atoms with Crippen molar-refractivity contribution in [1.82, 2.24) is 10.2 Å². The number of likely N-dealkylation sites (tertiary alicyclic amines) is 1. The van der Waals surface area contributed by atoms with Gasteiger partial charge in [0.2, 0.25) is 0 Å². The minimum absolute atomic E-state index is 0.0810. The Labute approximate surface area is 114 Å². The SMILES string of the molecule is CN1C[C@@H](CNC(=O)OC(C)(C)C)[C@H](CC(=O)O)C1. The van der Waals surface area contributed by atoms with Gasteiger partial charge in [0.25, 0.3) is 0 Å². The molecule has 1 rings (SSSR count). The Kier molecular flexibility index (Phi) is 5.17. The molecule has 0 aromatic carbocycles. The molecule has 1 heterocycles. The largest absolute Gasteiger partial charge is 0.481 e. The number of alkyl carbamates (subject to hydrolysis) is 1. The van der Waals surface area contributed by atoms with Gasteiger partial charge in [0.15, 0.2) is 0 Å². The third-order valence-corrected chi connectivity index (χ3v) is 3.10. The number of nitrogens with one attached hydrogen (secondary N) is 1. The van der Waals surface area contributed by atoms with E-state index in [4.69, 9.17) is 9.84 Å². The van der Waals surface area contributed by atoms with Crippen LogP contribution in [0.4, 0.5) is 4.79 Å². The number of carboxylic acids is 1. The molecule has 1 fully saturated rings. The van der Waals surface area contributed by atoms with E-state index in [2.05, 4.69) is 10.2 Å². The monoisotopic (exact) mass is 272 g/mol. The summed E-state index contributed by atoms with van der Waals surface area (Å²) in [7, 11) is 1.96. The smallest absolute Gasteiger partial charge is 0.407 e. The summed E-state index contributed by atoms with van der Waals surface area (Å²) in [4.78, 5) is 24.5. The van der Waals surface area contributed by atoms with Crippen molar-refractivity contribution in [3.63, 3.8) is 0 Å². The molecule has 0 bridgehead atoms. The van der Waals surface area contributed by atoms with Gasteiger partial charge in [-0.1, -0.05) is 0 Å². The van der Waals surface area contributed by atoms with Crippen LogP contribution in [0.15, 0.2) is 0 Å². The zero-order chi connectivity index (χ0) is 14.6. The highest BCUT2D eigenvalue weighted by atomic mass is 16.6. The lowest BCUT2D eigenvalue weighted by atomic mass is 9.93. The molecule has 0 unspecified atom stereocenters. The predicted molar refractivity (Wildman–Crippen MR) is 71.0 cm³/mol. The van der Waals surface area contributed by atoms with Crippen LogP contribution < -0.4 is 5.32 Å². The molecule has 1 aliphatic rings. The van der Waals surface area contributed by atoms with Gasteiger partial charge in [0, 0.05) is 26.1 Å². The molecule has 6 heteroatoms. The zero-order valence-corrected chi connectivity index (χ0v) is 12.1. The van der Waals surface area contributed by atoms with E-state index in [1.54, 1.807) is 0 Å². The first-order chi connectivity index (χ1) is 8.67. The number of aliphatic carboxylic acids is 1. The zero-order valence-electron chi connectivity index (χ0n) is 12.1. The molecule has 1 saturated heterocycles. The van der Waals surface area contributed by atoms with Gasteiger partial charge in [-0.25, -0.2) is 4.79 Å². The van der Waals surface area contributed by atoms with Crippen LogP contribution in [-0.2, 0) is 9.53 Å². The molecule has 0 spiro atoms. The number of carbonyl (C=O) groups is 2. The third kappa shape index (κ3) is 5.92. The second kappa shape index (κ2) is 6.23. The summed E-state index contributed by atoms with van der Waals surface area (Å²) < 4.78 is 5.16. The summed E-state index contributed by atoms with van der Waals surface area (Å²) in [5, 5.41) is 11.6. The summed E-state index contributed by atoms with van der Waals surface area (Å²) in [5.41, 5.74) is -0.517. The maximum absolute atomic E-state index is 11.6. The minimum atomic E-state index is -0.789. The average molecular weight is 272 g/mol. The summed E-state index contributed by atoms with van der Waals surface area (Å²) in [6.07, 6.45) is -0.304. The van der Waals surface area contributed by atoms with E-state index in [0.717, 1.165) is 13.1 Å². The molecular weight excluding hydrogens is 248 g/mol. The fourth-order valence-corrected chi connectivity index (χ4v) is 2.39. The van der Waals surface area contributed by atoms with Gasteiger partial charge < -0.3 is 20.1 Å². The molecule has 0 saturated carbocycles. The summed E-state index contributed by atoms with van der Waals surface area (Å²) >= 11 is 0. The Balaban J connectivity index is 2.42. The van der Waals surface area contributed by atoms with Crippen LogP contribution in [0, 0.1) is 11.8 Å². The highest BCUT2D eigenvalue weighted by molar-refractivity contribution is 5.68. The van der Waals surface area contributed by atoms with Gasteiger partial charge in [0.05, 0.1) is 0 Å². The van der Waals surface area contributed by atoms with Crippen molar-refractivity contribution < 1.29 is 19.4 Å². The van der Waals surface area contributed by atoms with E-state index >= 15 is 0 Å². The van der Waals surface area contributed by atoms with E-state index in [-0.39, 0.29) is 18.3 Å². The highest BCUT2D eigenvalue weighted by Gasteiger charge is 2.32. The fraction of sp³-hybridized carbons (Fsp3) is 0.846. The number of hydrogen-bond donors (Lipinski definition) is 2. The average Bonchev–Trinajstić information content (AvgIpc) is 2.52. The quantitative estimate of drug-likeness (QED) is 0.803. The first kappa shape index (κ1) is 15.8. The Bertz CT molecular complexity index is 338. The number of hydrogen-bond acceptors (Lipinski definition) is 4. The molecule has 110 valence electrons. The molecule has 0 aliphatic carbocycles. The van der Waals surface area contributed by atoms with Crippen molar-refractivity contribution in [2.24, 2.45) is 11.8 Å². The Morgan fingerprint density at radius 2 is 1.89 bits per heavy atom. The van der Waals surface area contributed by atoms with Crippen LogP contribution in [0.2, 0.25) is 0 Å². The van der Waals surface area contributed by atoms with E-state index in [1.165, 1.54) is 0 Å². The Morgan fingerprint density at radius 3 is 2.42 bits per heavy atom. The minimum Gasteiger partial charge on any atom is -0.481 e. The van der Waals surface area contributed by atoms with Crippen molar-refractivity contribution in [2.75, 3.05) is 26.7 Å². The Morgan fingerprint density at radius 1 is 1.32 bits per heavy atom. The molecule has 2 N–H and O–H groups in total. The van der Waals surface area contributed by atoms with Crippen molar-refractivity contribution >= 4 is 12.1 Å². The molecule has 19 heavy (non-hydrogen) atoms. The normalized spacial score (nSPS) is 24.2. The van der Waals surface area contributed by atoms with Crippen LogP contribution in [0.3, 0.4) is 0 Å². The second-order valence-electron chi connectivity index (χ2n) is 6.22. The number of carbonyl (C=O) groups excluding carboxylic acids is 1. The molecule has 2 atom stereocenters. The first-order valence-electron chi connectivity index (χ1n) is 6.54. The van der Waals surface area contributed by atoms with E-state index in [0.29, 0.717) is 6.54 Å². The second-order valence-corrected chi connectivity index (χ2v) is 6.22. The van der Waals surface area contributed by atoms with Gasteiger partial charge >= 0.3 is 12.1 Å². The Hall–Kier alpha value is -1.30. The van der Waals surface area contributed by atoms with Crippen molar-refractivity contribution in [2.45, 2.75) is 32.8 Å². The molecule has 1 aliphatic heterocycles. The first-order valence-corrected chi connectivity index (χ1v) is 6.54. The number of ether oxygens (including phenoxy) is 1. The maximum atomic E-state index is 11.6. The molecule has 6 nitrogen and oxygen atoms in total. The van der Waals surface area contributed by atoms with Crippen molar-refractivity contribution in [1.29, 1.82) is 0 Å². The number of rotatable bonds is 4. The fourth-order valence-electron chi connectivity index (χ4n) is 2.39. The van der Waals surface area contributed by atoms with Crippen LogP contribution >= 0.6 is 0 Å². The van der Waals surface area contributed by atoms with E-state index in [9.17, 15) is 9.59 Å². The van der Waals surface area contributed by atoms with Gasteiger partial charge in [0.1, 0.15) is 5.60 Å². The number of carboxylic acid groups (broad SMARTS) is 1. The topological polar surface area (TPSA) is 78.9 Å². The van der Waals surface area contributed by atoms with Crippen molar-refractivity contribution in [3.8, 4) is 0 Å². The lowest BCUT2D eigenvalue weighted by molar-refractivity contribution is -0.138. The van der Waals surface area contributed by atoms with Crippen LogP contribution in [0.5, 0.6) is 0 Å². The molecule has 0 aromatic rings. The van der Waals surface area contributed by atoms with Gasteiger partial charge in [-0.15, -0.1) is 0 Å². The predicted octanol–water partition coefficient (Wildman–Crippen LogP) is 1.16. The number of amides is 1. The standard InChI is InChI=1S/C13H24N2O4/c1-13(2,3)19-12(18)14-6-10-8-15(4)7-9(10)5-11(16)17/h9-10H,5-8H2,1-4H3,(H,14,18)(H,16,17)/t9-,10-/m1/s1. The summed E-state index contributed by atoms with van der Waals surface area (Å²) in [6.45, 7) is 7.44. The van der Waals surface area contributed by atoms with Crippen LogP contribution in [0.25, 0.3) is 0 Å². The summed E-state index contributed by atoms with van der Waals surface area (Å²) in [6, 6.07) is 0. The maximum Gasteiger partial charge on any atom is 0.407 e. The summed E-state index contributed by atoms with van der Waals surface area (Å²) in [5.74, 6) is -0.548. The van der Waals surface area contributed by atoms with Crippen LogP contribution in [-0.4, -0.2) is 54.4 Å². The van der Waals surface area contributed by atoms with Crippen LogP contribution in [0.1, 0.15) is 27.2 Å². The van der Waals surface area contributed by atoms with Gasteiger partial charge in [-0.05, 0) is 39.7 Å². The van der Waals surface area contributed by atoms with E-state index < -0.39 is 17.7 Å². The molecule has 0 radical (unpaired) electrons. The lowest BCUT2D eigenvalue weighted by Crippen LogP contribution is -2.37. The van der Waals surface area contributed by atoms with Gasteiger partial charge in [-0.3, -0.25) is 4.79 Å². The van der Waals surface area contributed by atoms with Crippen molar-refractivity contribution in [3.05, 3.63) is 0 Å². The molecular formula is C13H24N2O4. The lowest BCUT2D eigenvalue weighted by Gasteiger charge is -2.22. The third-order valence-electron chi connectivity index (χ3n) is 3.10. The molecule has 0 aromatic heterocycles. The van der Waals surface area contributed by atoms with E-state index in [1.807, 2.05) is 27.8 Å². The highest BCUT2D eigenvalue weighted by Crippen LogP contribution is 2.24.